The molecule has 1 saturated carbocycles. The lowest BCUT2D eigenvalue weighted by Gasteiger charge is -2.27. The van der Waals surface area contributed by atoms with Gasteiger partial charge in [-0.3, -0.25) is 39.0 Å². The van der Waals surface area contributed by atoms with Crippen LogP contribution in [0.3, 0.4) is 0 Å². The van der Waals surface area contributed by atoms with E-state index in [0.29, 0.717) is 23.1 Å². The Bertz CT molecular complexity index is 2130. The first kappa shape index (κ1) is 36.4. The van der Waals surface area contributed by atoms with Gasteiger partial charge in [-0.15, -0.1) is 11.3 Å². The minimum atomic E-state index is -1.03. The van der Waals surface area contributed by atoms with E-state index in [1.54, 1.807) is 30.3 Å². The van der Waals surface area contributed by atoms with E-state index in [9.17, 15) is 28.8 Å². The number of thiazole rings is 1. The molecular weight excluding hydrogens is 713 g/mol. The molecule has 3 heterocycles. The Kier molecular flexibility index (Phi) is 10.8. The van der Waals surface area contributed by atoms with Crippen LogP contribution in [0.1, 0.15) is 56.8 Å². The number of hydrogen-bond acceptors (Lipinski definition) is 11. The number of carbonyl (C=O) groups is 6. The molecule has 14 nitrogen and oxygen atoms in total. The first-order chi connectivity index (χ1) is 26.1. The maximum Gasteiger partial charge on any atom is 0.264 e. The Balaban J connectivity index is 0.833. The van der Waals surface area contributed by atoms with Crippen molar-refractivity contribution in [2.75, 3.05) is 42.3 Å². The molecule has 2 aliphatic heterocycles. The number of amides is 6. The van der Waals surface area contributed by atoms with Crippen LogP contribution in [-0.2, 0) is 30.3 Å². The minimum absolute atomic E-state index is 0.0514. The average Bonchev–Trinajstić information content (AvgIpc) is 3.90. The molecule has 6 amide bonds. The van der Waals surface area contributed by atoms with Gasteiger partial charge in [0.25, 0.3) is 11.8 Å². The number of aromatic nitrogens is 1. The number of nitrogens with zero attached hydrogens (tertiary/aromatic N) is 2. The fourth-order valence-electron chi connectivity index (χ4n) is 6.35. The highest BCUT2D eigenvalue weighted by Gasteiger charge is 2.45. The Morgan fingerprint density at radius 1 is 0.926 bits per heavy atom. The van der Waals surface area contributed by atoms with Gasteiger partial charge in [0.05, 0.1) is 36.5 Å². The summed E-state index contributed by atoms with van der Waals surface area (Å²) >= 11 is 1.40. The molecule has 0 bridgehead atoms. The summed E-state index contributed by atoms with van der Waals surface area (Å²) in [7, 11) is 0. The number of benzene rings is 3. The van der Waals surface area contributed by atoms with Gasteiger partial charge in [-0.25, -0.2) is 4.98 Å². The van der Waals surface area contributed by atoms with Crippen LogP contribution in [0.2, 0.25) is 0 Å². The number of ether oxygens (including phenoxy) is 2. The smallest absolute Gasteiger partial charge is 0.264 e. The number of imide groups is 2. The van der Waals surface area contributed by atoms with Gasteiger partial charge in [0.2, 0.25) is 23.6 Å². The third kappa shape index (κ3) is 8.32. The Morgan fingerprint density at radius 2 is 1.72 bits per heavy atom. The molecule has 1 unspecified atom stereocenters. The largest absolute Gasteiger partial charge is 0.491 e. The molecule has 3 aliphatic rings. The second-order valence-corrected chi connectivity index (χ2v) is 14.4. The van der Waals surface area contributed by atoms with Crippen molar-refractivity contribution in [1.29, 1.82) is 0 Å². The molecule has 15 heteroatoms. The monoisotopic (exact) mass is 750 g/mol. The van der Waals surface area contributed by atoms with Crippen molar-refractivity contribution >= 4 is 63.3 Å². The fourth-order valence-corrected chi connectivity index (χ4v) is 7.21. The van der Waals surface area contributed by atoms with Gasteiger partial charge in [-0.1, -0.05) is 30.3 Å². The fraction of sp³-hybridized carbons (Fsp3) is 0.308. The van der Waals surface area contributed by atoms with Gasteiger partial charge in [0.1, 0.15) is 18.4 Å². The molecule has 0 spiro atoms. The standard InChI is InChI=1S/C39H38N6O8S/c1-22-34(24-10-12-26(13-11-24)41-35(48)25-8-9-25)44-39(54-22)43-32(47)21-23-4-2-5-27(20-23)53-19-18-52-17-16-40-29-7-3-6-28-33(29)38(51)45(37(28)50)30-14-15-31(46)42-36(30)49/h2-7,10-13,20,25,30,40H,8-9,14-19,21H2,1H3,(H,41,48)(H,42,46,49)(H,43,44,47). The number of fused-ring (bicyclic) bond motifs is 1. The summed E-state index contributed by atoms with van der Waals surface area (Å²) in [6.45, 7) is 3.12. The highest BCUT2D eigenvalue weighted by Crippen LogP contribution is 2.34. The molecule has 4 aromatic rings. The third-order valence-corrected chi connectivity index (χ3v) is 10.1. The number of aryl methyl sites for hydroxylation is 1. The minimum Gasteiger partial charge on any atom is -0.491 e. The SMILES string of the molecule is Cc1sc(NC(=O)Cc2cccc(OCCOCCNc3cccc4c3C(=O)N(C3CCC(=O)NC3=O)C4=O)c2)nc1-c1ccc(NC(=O)C2CC2)cc1. The molecule has 1 aliphatic carbocycles. The molecule has 4 N–H and O–H groups in total. The van der Waals surface area contributed by atoms with Crippen LogP contribution in [0.4, 0.5) is 16.5 Å². The molecular formula is C39H38N6O8S. The second kappa shape index (κ2) is 16.0. The number of anilines is 3. The molecule has 1 saturated heterocycles. The zero-order chi connectivity index (χ0) is 37.8. The zero-order valence-corrected chi connectivity index (χ0v) is 30.3. The van der Waals surface area contributed by atoms with Crippen LogP contribution < -0.4 is 26.0 Å². The summed E-state index contributed by atoms with van der Waals surface area (Å²) in [6, 6.07) is 18.7. The van der Waals surface area contributed by atoms with Crippen LogP contribution >= 0.6 is 11.3 Å². The highest BCUT2D eigenvalue weighted by atomic mass is 32.1. The molecule has 278 valence electrons. The molecule has 3 aromatic carbocycles. The van der Waals surface area contributed by atoms with Crippen molar-refractivity contribution in [3.05, 3.63) is 88.3 Å². The maximum atomic E-state index is 13.3. The molecule has 7 rings (SSSR count). The highest BCUT2D eigenvalue weighted by molar-refractivity contribution is 7.16. The normalized spacial score (nSPS) is 16.5. The van der Waals surface area contributed by atoms with E-state index in [4.69, 9.17) is 9.47 Å². The van der Waals surface area contributed by atoms with Crippen LogP contribution in [0, 0.1) is 12.8 Å². The Labute approximate surface area is 314 Å². The van der Waals surface area contributed by atoms with Gasteiger partial charge >= 0.3 is 0 Å². The summed E-state index contributed by atoms with van der Waals surface area (Å²) in [5.41, 5.74) is 4.03. The van der Waals surface area contributed by atoms with Crippen LogP contribution in [0.5, 0.6) is 5.75 Å². The lowest BCUT2D eigenvalue weighted by atomic mass is 10.0. The molecule has 1 aromatic heterocycles. The summed E-state index contributed by atoms with van der Waals surface area (Å²) < 4.78 is 11.5. The zero-order valence-electron chi connectivity index (χ0n) is 29.4. The summed E-state index contributed by atoms with van der Waals surface area (Å²) in [5, 5.41) is 11.7. The first-order valence-corrected chi connectivity index (χ1v) is 18.5. The Morgan fingerprint density at radius 3 is 2.50 bits per heavy atom. The number of carbonyl (C=O) groups excluding carboxylic acids is 6. The van der Waals surface area contributed by atoms with Crippen molar-refractivity contribution in [1.82, 2.24) is 15.2 Å². The predicted molar refractivity (Wildman–Crippen MR) is 200 cm³/mol. The van der Waals surface area contributed by atoms with Gasteiger partial charge in [0.15, 0.2) is 5.13 Å². The maximum absolute atomic E-state index is 13.3. The van der Waals surface area contributed by atoms with Gasteiger partial charge in [-0.2, -0.15) is 0 Å². The second-order valence-electron chi connectivity index (χ2n) is 13.2. The number of hydrogen-bond donors (Lipinski definition) is 4. The predicted octanol–water partition coefficient (Wildman–Crippen LogP) is 4.56. The van der Waals surface area contributed by atoms with Crippen LogP contribution in [-0.4, -0.2) is 77.7 Å². The number of rotatable bonds is 15. The van der Waals surface area contributed by atoms with E-state index >= 15 is 0 Å². The molecule has 2 fully saturated rings. The van der Waals surface area contributed by atoms with Gasteiger partial charge in [-0.05, 0) is 68.1 Å². The van der Waals surface area contributed by atoms with Crippen molar-refractivity contribution in [3.63, 3.8) is 0 Å². The van der Waals surface area contributed by atoms with Crippen molar-refractivity contribution < 1.29 is 38.2 Å². The van der Waals surface area contributed by atoms with Crippen molar-refractivity contribution in [2.24, 2.45) is 5.92 Å². The average molecular weight is 751 g/mol. The van der Waals surface area contributed by atoms with E-state index < -0.39 is 29.7 Å². The van der Waals surface area contributed by atoms with E-state index in [0.717, 1.165) is 45.1 Å². The third-order valence-electron chi connectivity index (χ3n) is 9.21. The van der Waals surface area contributed by atoms with Crippen molar-refractivity contribution in [2.45, 2.75) is 45.1 Å². The first-order valence-electron chi connectivity index (χ1n) is 17.7. The van der Waals surface area contributed by atoms with Gasteiger partial charge < -0.3 is 25.4 Å². The van der Waals surface area contributed by atoms with Crippen LogP contribution in [0.15, 0.2) is 66.7 Å². The van der Waals surface area contributed by atoms with E-state index in [2.05, 4.69) is 26.3 Å². The van der Waals surface area contributed by atoms with E-state index in [-0.39, 0.29) is 67.9 Å². The number of nitrogens with one attached hydrogen (secondary N) is 4. The van der Waals surface area contributed by atoms with Crippen LogP contribution in [0.25, 0.3) is 11.3 Å². The quantitative estimate of drug-likeness (QED) is 0.0993. The summed E-state index contributed by atoms with van der Waals surface area (Å²) in [6.07, 6.45) is 2.16. The number of piperidine rings is 1. The molecule has 0 radical (unpaired) electrons. The van der Waals surface area contributed by atoms with Crippen molar-refractivity contribution in [3.8, 4) is 17.0 Å². The summed E-state index contributed by atoms with van der Waals surface area (Å²) in [4.78, 5) is 81.7. The topological polar surface area (TPSA) is 185 Å². The van der Waals surface area contributed by atoms with E-state index in [1.165, 1.54) is 11.3 Å². The lowest BCUT2D eigenvalue weighted by molar-refractivity contribution is -0.136. The lowest BCUT2D eigenvalue weighted by Crippen LogP contribution is -2.54. The Hall–Kier alpha value is -5.93. The molecule has 1 atom stereocenters. The van der Waals surface area contributed by atoms with Gasteiger partial charge in [0, 0.05) is 40.7 Å². The molecule has 54 heavy (non-hydrogen) atoms. The summed E-state index contributed by atoms with van der Waals surface area (Å²) in [5.74, 6) is -1.65. The van der Waals surface area contributed by atoms with E-state index in [1.807, 2.05) is 43.3 Å².